The van der Waals surface area contributed by atoms with Gasteiger partial charge in [0.15, 0.2) is 0 Å². The van der Waals surface area contributed by atoms with Gasteiger partial charge in [0.05, 0.1) is 6.33 Å². The highest BCUT2D eigenvalue weighted by Crippen LogP contribution is 2.21. The van der Waals surface area contributed by atoms with Crippen LogP contribution in [0.25, 0.3) is 11.6 Å². The van der Waals surface area contributed by atoms with E-state index in [0.29, 0.717) is 24.3 Å². The van der Waals surface area contributed by atoms with Gasteiger partial charge < -0.3 is 15.0 Å². The van der Waals surface area contributed by atoms with Crippen molar-refractivity contribution in [2.24, 2.45) is 0 Å². The molecule has 1 aromatic heterocycles. The molecule has 0 aliphatic rings. The fraction of sp³-hybridized carbons (Fsp3) is 0.208. The molecule has 0 radical (unpaired) electrons. The lowest BCUT2D eigenvalue weighted by molar-refractivity contribution is -0.139. The van der Waals surface area contributed by atoms with Gasteiger partial charge in [-0.05, 0) is 65.5 Å². The number of nitrogens with zero attached hydrogens (tertiary/aromatic N) is 2. The van der Waals surface area contributed by atoms with E-state index in [9.17, 15) is 19.1 Å². The van der Waals surface area contributed by atoms with Gasteiger partial charge >= 0.3 is 5.97 Å². The third-order valence-corrected chi connectivity index (χ3v) is 5.47. The Morgan fingerprint density at radius 2 is 2.00 bits per heavy atom. The molecule has 6 nitrogen and oxygen atoms in total. The van der Waals surface area contributed by atoms with Gasteiger partial charge in [0.1, 0.15) is 11.9 Å². The second kappa shape index (κ2) is 11.3. The number of hydrogen-bond acceptors (Lipinski definition) is 4. The van der Waals surface area contributed by atoms with E-state index in [-0.39, 0.29) is 5.82 Å². The fourth-order valence-corrected chi connectivity index (χ4v) is 3.64. The van der Waals surface area contributed by atoms with Crippen LogP contribution in [0.5, 0.6) is 0 Å². The van der Waals surface area contributed by atoms with E-state index in [1.165, 1.54) is 23.9 Å². The van der Waals surface area contributed by atoms with Gasteiger partial charge in [0, 0.05) is 24.5 Å². The Labute approximate surface area is 190 Å². The number of amides is 1. The highest BCUT2D eigenvalue weighted by Gasteiger charge is 2.20. The summed E-state index contributed by atoms with van der Waals surface area (Å²) in [5.41, 5.74) is 2.89. The quantitative estimate of drug-likeness (QED) is 0.450. The minimum atomic E-state index is -1.05. The monoisotopic (exact) mass is 453 g/mol. The van der Waals surface area contributed by atoms with Gasteiger partial charge in [-0.25, -0.2) is 14.2 Å². The molecular weight excluding hydrogens is 429 g/mol. The topological polar surface area (TPSA) is 84.2 Å². The number of carbonyl (C=O) groups is 2. The smallest absolute Gasteiger partial charge is 0.326 e. The number of hydrogen-bond donors (Lipinski definition) is 2. The lowest BCUT2D eigenvalue weighted by Gasteiger charge is -2.14. The van der Waals surface area contributed by atoms with Gasteiger partial charge in [0.25, 0.3) is 5.91 Å². The van der Waals surface area contributed by atoms with E-state index in [1.54, 1.807) is 42.9 Å². The highest BCUT2D eigenvalue weighted by atomic mass is 32.2. The maximum absolute atomic E-state index is 13.4. The number of carboxylic acid groups (broad SMARTS) is 1. The zero-order valence-electron chi connectivity index (χ0n) is 17.6. The van der Waals surface area contributed by atoms with Crippen molar-refractivity contribution in [3.8, 4) is 0 Å². The van der Waals surface area contributed by atoms with Crippen LogP contribution in [-0.2, 0) is 11.3 Å². The van der Waals surface area contributed by atoms with Crippen molar-refractivity contribution in [2.75, 3.05) is 12.0 Å². The summed E-state index contributed by atoms with van der Waals surface area (Å²) in [5.74, 6) is -1.17. The molecule has 8 heteroatoms. The van der Waals surface area contributed by atoms with Crippen LogP contribution in [0.2, 0.25) is 0 Å². The Hall–Kier alpha value is -3.39. The summed E-state index contributed by atoms with van der Waals surface area (Å²) in [5, 5.41) is 12.0. The number of halogens is 1. The van der Waals surface area contributed by atoms with E-state index in [2.05, 4.69) is 10.3 Å². The molecule has 0 aliphatic heterocycles. The Kier molecular flexibility index (Phi) is 8.21. The average molecular weight is 454 g/mol. The first-order chi connectivity index (χ1) is 15.5. The minimum absolute atomic E-state index is 0.316. The van der Waals surface area contributed by atoms with Crippen molar-refractivity contribution in [3.63, 3.8) is 0 Å². The molecule has 1 amide bonds. The molecule has 0 fully saturated rings. The molecule has 2 N–H and O–H groups in total. The van der Waals surface area contributed by atoms with E-state index < -0.39 is 17.9 Å². The fourth-order valence-electron chi connectivity index (χ4n) is 3.17. The maximum Gasteiger partial charge on any atom is 0.326 e. The van der Waals surface area contributed by atoms with E-state index >= 15 is 0 Å². The lowest BCUT2D eigenvalue weighted by atomic mass is 10.0. The van der Waals surface area contributed by atoms with Crippen molar-refractivity contribution >= 4 is 35.3 Å². The molecule has 0 bridgehead atoms. The molecule has 3 rings (SSSR count). The molecule has 3 aromatic rings. The van der Waals surface area contributed by atoms with Crippen LogP contribution in [0.1, 0.15) is 27.9 Å². The highest BCUT2D eigenvalue weighted by molar-refractivity contribution is 7.98. The Balaban J connectivity index is 1.86. The van der Waals surface area contributed by atoms with Gasteiger partial charge in [0.2, 0.25) is 0 Å². The normalized spacial score (nSPS) is 12.4. The van der Waals surface area contributed by atoms with Crippen molar-refractivity contribution in [3.05, 3.63) is 89.8 Å². The standard InChI is InChI=1S/C24H24FN3O3S/c1-32-12-9-22(24(30)31)27-23(29)19-4-2-3-17(13-19)14-20(15-28-11-10-26-16-28)18-5-7-21(25)8-6-18/h2-8,10-11,13-14,16,22H,9,12,15H2,1H3,(H,27,29)(H,30,31)/t22-/m1/s1. The van der Waals surface area contributed by atoms with Crippen LogP contribution < -0.4 is 5.32 Å². The summed E-state index contributed by atoms with van der Waals surface area (Å²) < 4.78 is 15.3. The third kappa shape index (κ3) is 6.55. The largest absolute Gasteiger partial charge is 0.480 e. The molecule has 1 heterocycles. The summed E-state index contributed by atoms with van der Waals surface area (Å²) in [6.07, 6.45) is 9.37. The average Bonchev–Trinajstić information content (AvgIpc) is 3.30. The predicted octanol–water partition coefficient (Wildman–Crippen LogP) is 4.20. The zero-order chi connectivity index (χ0) is 22.9. The lowest BCUT2D eigenvalue weighted by Crippen LogP contribution is -2.41. The van der Waals surface area contributed by atoms with Crippen molar-refractivity contribution in [1.82, 2.24) is 14.9 Å². The molecule has 166 valence electrons. The van der Waals surface area contributed by atoms with Crippen LogP contribution in [-0.4, -0.2) is 44.6 Å². The summed E-state index contributed by atoms with van der Waals surface area (Å²) >= 11 is 1.53. The number of aromatic nitrogens is 2. The molecule has 32 heavy (non-hydrogen) atoms. The van der Waals surface area contributed by atoms with Crippen molar-refractivity contribution in [2.45, 2.75) is 19.0 Å². The minimum Gasteiger partial charge on any atom is -0.480 e. The first kappa shape index (κ1) is 23.3. The number of imidazole rings is 1. The van der Waals surface area contributed by atoms with Crippen LogP contribution in [0.3, 0.4) is 0 Å². The SMILES string of the molecule is CSCC[C@@H](NC(=O)c1cccc(C=C(Cn2ccnc2)c2ccc(F)cc2)c1)C(=O)O. The maximum atomic E-state index is 13.4. The number of nitrogens with one attached hydrogen (secondary N) is 1. The number of benzene rings is 2. The summed E-state index contributed by atoms with van der Waals surface area (Å²) in [6, 6.07) is 12.2. The van der Waals surface area contributed by atoms with Crippen molar-refractivity contribution < 1.29 is 19.1 Å². The molecule has 0 spiro atoms. The number of aliphatic carboxylic acids is 1. The first-order valence-electron chi connectivity index (χ1n) is 10.0. The van der Waals surface area contributed by atoms with E-state index in [0.717, 1.165) is 16.7 Å². The Morgan fingerprint density at radius 1 is 1.22 bits per heavy atom. The second-order valence-corrected chi connectivity index (χ2v) is 8.17. The number of rotatable bonds is 10. The summed E-state index contributed by atoms with van der Waals surface area (Å²) in [4.78, 5) is 28.2. The predicted molar refractivity (Wildman–Crippen MR) is 125 cm³/mol. The molecule has 0 saturated heterocycles. The van der Waals surface area contributed by atoms with Crippen LogP contribution in [0.15, 0.2) is 67.3 Å². The molecule has 1 atom stereocenters. The molecule has 0 unspecified atom stereocenters. The number of allylic oxidation sites excluding steroid dienone is 1. The third-order valence-electron chi connectivity index (χ3n) is 4.83. The Bertz CT molecular complexity index is 1080. The second-order valence-electron chi connectivity index (χ2n) is 7.18. The number of thioether (sulfide) groups is 1. The molecule has 0 aliphatic carbocycles. The van der Waals surface area contributed by atoms with Crippen LogP contribution in [0.4, 0.5) is 4.39 Å². The van der Waals surface area contributed by atoms with Gasteiger partial charge in [-0.2, -0.15) is 11.8 Å². The molecule has 0 saturated carbocycles. The van der Waals surface area contributed by atoms with Gasteiger partial charge in [-0.15, -0.1) is 0 Å². The van der Waals surface area contributed by atoms with Gasteiger partial charge in [-0.3, -0.25) is 4.79 Å². The summed E-state index contributed by atoms with van der Waals surface area (Å²) in [6.45, 7) is 0.512. The van der Waals surface area contributed by atoms with Crippen LogP contribution in [0, 0.1) is 5.82 Å². The number of carbonyl (C=O) groups excluding carboxylic acids is 1. The van der Waals surface area contributed by atoms with E-state index in [4.69, 9.17) is 0 Å². The van der Waals surface area contributed by atoms with E-state index in [1.807, 2.05) is 29.2 Å². The zero-order valence-corrected chi connectivity index (χ0v) is 18.4. The van der Waals surface area contributed by atoms with Gasteiger partial charge in [-0.1, -0.05) is 24.3 Å². The molecule has 2 aromatic carbocycles. The Morgan fingerprint density at radius 3 is 2.66 bits per heavy atom. The number of carboxylic acids is 1. The van der Waals surface area contributed by atoms with Crippen LogP contribution >= 0.6 is 11.8 Å². The van der Waals surface area contributed by atoms with Crippen molar-refractivity contribution in [1.29, 1.82) is 0 Å². The summed E-state index contributed by atoms with van der Waals surface area (Å²) in [7, 11) is 0. The molecular formula is C24H24FN3O3S. The first-order valence-corrected chi connectivity index (χ1v) is 11.4.